The fourth-order valence-corrected chi connectivity index (χ4v) is 3.43. The van der Waals surface area contributed by atoms with Crippen molar-refractivity contribution in [3.63, 3.8) is 0 Å². The number of rotatable bonds is 8. The number of halogens is 1. The number of nitrogens with zero attached hydrogens (tertiary/aromatic N) is 2. The van der Waals surface area contributed by atoms with E-state index < -0.39 is 0 Å². The summed E-state index contributed by atoms with van der Waals surface area (Å²) in [6, 6.07) is 14.3. The SMILES string of the molecule is CCOc1ccc(NC(=S)N(CCN2CCOCC2)Cc2ccc(F)cc2)cc1. The zero-order chi connectivity index (χ0) is 20.5. The van der Waals surface area contributed by atoms with Gasteiger partial charge in [0.05, 0.1) is 19.8 Å². The Morgan fingerprint density at radius 1 is 1.14 bits per heavy atom. The number of hydrogen-bond acceptors (Lipinski definition) is 4. The van der Waals surface area contributed by atoms with Crippen molar-refractivity contribution in [3.8, 4) is 5.75 Å². The van der Waals surface area contributed by atoms with Crippen LogP contribution in [0.1, 0.15) is 12.5 Å². The standard InChI is InChI=1S/C22H28FN3O2S/c1-2-28-21-9-7-20(8-10-21)24-22(29)26(12-11-25-13-15-27-16-14-25)17-18-3-5-19(23)6-4-18/h3-10H,2,11-17H2,1H3,(H,24,29). The molecule has 7 heteroatoms. The molecule has 1 fully saturated rings. The zero-order valence-corrected chi connectivity index (χ0v) is 17.6. The first kappa shape index (κ1) is 21.5. The molecule has 0 saturated carbocycles. The van der Waals surface area contributed by atoms with Gasteiger partial charge in [0, 0.05) is 38.4 Å². The molecule has 0 bridgehead atoms. The summed E-state index contributed by atoms with van der Waals surface area (Å²) in [5, 5.41) is 3.96. The topological polar surface area (TPSA) is 37.0 Å². The van der Waals surface area contributed by atoms with Gasteiger partial charge in [-0.1, -0.05) is 12.1 Å². The summed E-state index contributed by atoms with van der Waals surface area (Å²) in [4.78, 5) is 4.50. The molecule has 0 amide bonds. The average Bonchev–Trinajstić information content (AvgIpc) is 2.75. The number of benzene rings is 2. The largest absolute Gasteiger partial charge is 0.494 e. The Labute approximate surface area is 177 Å². The molecule has 29 heavy (non-hydrogen) atoms. The Bertz CT molecular complexity index is 765. The van der Waals surface area contributed by atoms with E-state index in [4.69, 9.17) is 21.7 Å². The maximum Gasteiger partial charge on any atom is 0.173 e. The zero-order valence-electron chi connectivity index (χ0n) is 16.8. The predicted molar refractivity (Wildman–Crippen MR) is 118 cm³/mol. The highest BCUT2D eigenvalue weighted by atomic mass is 32.1. The van der Waals surface area contributed by atoms with Gasteiger partial charge in [0.15, 0.2) is 5.11 Å². The Morgan fingerprint density at radius 2 is 1.83 bits per heavy atom. The van der Waals surface area contributed by atoms with Crippen molar-refractivity contribution in [3.05, 3.63) is 59.9 Å². The van der Waals surface area contributed by atoms with Gasteiger partial charge in [-0.05, 0) is 61.1 Å². The van der Waals surface area contributed by atoms with Crippen LogP contribution in [0.5, 0.6) is 5.75 Å². The third-order valence-corrected chi connectivity index (χ3v) is 5.14. The molecule has 1 saturated heterocycles. The number of morpholine rings is 1. The van der Waals surface area contributed by atoms with Crippen LogP contribution in [-0.4, -0.2) is 60.9 Å². The fraction of sp³-hybridized carbons (Fsp3) is 0.409. The average molecular weight is 418 g/mol. The first-order valence-electron chi connectivity index (χ1n) is 9.97. The Balaban J connectivity index is 1.64. The molecule has 0 aliphatic carbocycles. The lowest BCUT2D eigenvalue weighted by Gasteiger charge is -2.31. The van der Waals surface area contributed by atoms with Crippen molar-refractivity contribution in [2.75, 3.05) is 51.3 Å². The van der Waals surface area contributed by atoms with E-state index in [1.54, 1.807) is 12.1 Å². The molecule has 0 radical (unpaired) electrons. The van der Waals surface area contributed by atoms with E-state index in [-0.39, 0.29) is 5.82 Å². The molecule has 2 aromatic rings. The molecule has 1 aliphatic rings. The van der Waals surface area contributed by atoms with Gasteiger partial charge in [-0.15, -0.1) is 0 Å². The van der Waals surface area contributed by atoms with E-state index in [9.17, 15) is 4.39 Å². The second-order valence-corrected chi connectivity index (χ2v) is 7.28. The maximum atomic E-state index is 13.3. The quantitative estimate of drug-likeness (QED) is 0.660. The predicted octanol–water partition coefficient (Wildman–Crippen LogP) is 3.76. The molecular formula is C22H28FN3O2S. The van der Waals surface area contributed by atoms with Crippen LogP contribution in [0.15, 0.2) is 48.5 Å². The van der Waals surface area contributed by atoms with Crippen LogP contribution in [0.3, 0.4) is 0 Å². The molecule has 5 nitrogen and oxygen atoms in total. The lowest BCUT2D eigenvalue weighted by molar-refractivity contribution is 0.0358. The summed E-state index contributed by atoms with van der Waals surface area (Å²) < 4.78 is 24.2. The summed E-state index contributed by atoms with van der Waals surface area (Å²) in [6.45, 7) is 8.30. The molecule has 1 aliphatic heterocycles. The second kappa shape index (κ2) is 11.1. The van der Waals surface area contributed by atoms with Crippen molar-refractivity contribution in [2.45, 2.75) is 13.5 Å². The molecule has 3 rings (SSSR count). The van der Waals surface area contributed by atoms with Gasteiger partial charge in [0.1, 0.15) is 11.6 Å². The van der Waals surface area contributed by atoms with E-state index in [1.807, 2.05) is 31.2 Å². The molecular weight excluding hydrogens is 389 g/mol. The monoisotopic (exact) mass is 417 g/mol. The minimum absolute atomic E-state index is 0.233. The summed E-state index contributed by atoms with van der Waals surface area (Å²) >= 11 is 5.70. The Hall–Kier alpha value is -2.22. The molecule has 156 valence electrons. The molecule has 2 aromatic carbocycles. The third-order valence-electron chi connectivity index (χ3n) is 4.78. The third kappa shape index (κ3) is 6.96. The van der Waals surface area contributed by atoms with Gasteiger partial charge in [-0.2, -0.15) is 0 Å². The minimum Gasteiger partial charge on any atom is -0.494 e. The van der Waals surface area contributed by atoms with Crippen LogP contribution in [0.2, 0.25) is 0 Å². The van der Waals surface area contributed by atoms with Crippen LogP contribution < -0.4 is 10.1 Å². The lowest BCUT2D eigenvalue weighted by Crippen LogP contribution is -2.43. The minimum atomic E-state index is -0.233. The summed E-state index contributed by atoms with van der Waals surface area (Å²) in [5.41, 5.74) is 1.93. The van der Waals surface area contributed by atoms with E-state index >= 15 is 0 Å². The first-order valence-corrected chi connectivity index (χ1v) is 10.4. The normalized spacial score (nSPS) is 14.4. The van der Waals surface area contributed by atoms with Gasteiger partial charge in [-0.3, -0.25) is 4.90 Å². The number of ether oxygens (including phenoxy) is 2. The Morgan fingerprint density at radius 3 is 2.48 bits per heavy atom. The van der Waals surface area contributed by atoms with Gasteiger partial charge in [0.2, 0.25) is 0 Å². The van der Waals surface area contributed by atoms with Crippen LogP contribution >= 0.6 is 12.2 Å². The van der Waals surface area contributed by atoms with Crippen molar-refractivity contribution in [2.24, 2.45) is 0 Å². The van der Waals surface area contributed by atoms with Crippen molar-refractivity contribution in [1.82, 2.24) is 9.80 Å². The first-order chi connectivity index (χ1) is 14.1. The molecule has 0 spiro atoms. The number of anilines is 1. The summed E-state index contributed by atoms with van der Waals surface area (Å²) in [5.74, 6) is 0.600. The lowest BCUT2D eigenvalue weighted by atomic mass is 10.2. The van der Waals surface area contributed by atoms with Crippen LogP contribution in [0, 0.1) is 5.82 Å². The highest BCUT2D eigenvalue weighted by Gasteiger charge is 2.15. The maximum absolute atomic E-state index is 13.3. The van der Waals surface area contributed by atoms with Gasteiger partial charge in [-0.25, -0.2) is 4.39 Å². The Kier molecular flexibility index (Phi) is 8.22. The van der Waals surface area contributed by atoms with Gasteiger partial charge in [0.25, 0.3) is 0 Å². The van der Waals surface area contributed by atoms with E-state index in [2.05, 4.69) is 15.1 Å². The van der Waals surface area contributed by atoms with Crippen LogP contribution in [-0.2, 0) is 11.3 Å². The fourth-order valence-electron chi connectivity index (χ4n) is 3.15. The molecule has 1 heterocycles. The number of hydrogen-bond donors (Lipinski definition) is 1. The highest BCUT2D eigenvalue weighted by Crippen LogP contribution is 2.17. The van der Waals surface area contributed by atoms with Crippen molar-refractivity contribution >= 4 is 23.0 Å². The highest BCUT2D eigenvalue weighted by molar-refractivity contribution is 7.80. The number of thiocarbonyl (C=S) groups is 1. The van der Waals surface area contributed by atoms with Crippen LogP contribution in [0.4, 0.5) is 10.1 Å². The van der Waals surface area contributed by atoms with Crippen molar-refractivity contribution in [1.29, 1.82) is 0 Å². The summed E-state index contributed by atoms with van der Waals surface area (Å²) in [6.07, 6.45) is 0. The van der Waals surface area contributed by atoms with Gasteiger partial charge >= 0.3 is 0 Å². The molecule has 0 unspecified atom stereocenters. The molecule has 1 N–H and O–H groups in total. The smallest absolute Gasteiger partial charge is 0.173 e. The summed E-state index contributed by atoms with van der Waals surface area (Å²) in [7, 11) is 0. The van der Waals surface area contributed by atoms with Crippen molar-refractivity contribution < 1.29 is 13.9 Å². The van der Waals surface area contributed by atoms with E-state index in [0.717, 1.165) is 56.4 Å². The van der Waals surface area contributed by atoms with Gasteiger partial charge < -0.3 is 19.7 Å². The number of nitrogens with one attached hydrogen (secondary N) is 1. The van der Waals surface area contributed by atoms with E-state index in [1.165, 1.54) is 12.1 Å². The van der Waals surface area contributed by atoms with E-state index in [0.29, 0.717) is 18.3 Å². The van der Waals surface area contributed by atoms with Crippen LogP contribution in [0.25, 0.3) is 0 Å². The molecule has 0 atom stereocenters. The molecule has 0 aromatic heterocycles. The second-order valence-electron chi connectivity index (χ2n) is 6.89.